The molecule has 0 aromatic heterocycles. The Morgan fingerprint density at radius 2 is 1.40 bits per heavy atom. The third-order valence-electron chi connectivity index (χ3n) is 2.20. The van der Waals surface area contributed by atoms with Crippen LogP contribution < -0.4 is 0 Å². The summed E-state index contributed by atoms with van der Waals surface area (Å²) in [5, 5.41) is 0. The summed E-state index contributed by atoms with van der Waals surface area (Å²) in [6, 6.07) is 1.58. The summed E-state index contributed by atoms with van der Waals surface area (Å²) < 4.78 is 2.57. The van der Waals surface area contributed by atoms with Crippen LogP contribution in [0.2, 0.25) is 0 Å². The summed E-state index contributed by atoms with van der Waals surface area (Å²) in [6.07, 6.45) is 2.57. The fraction of sp³-hybridized carbons (Fsp3) is 1.00. The van der Waals surface area contributed by atoms with Gasteiger partial charge in [0.05, 0.1) is 0 Å². The van der Waals surface area contributed by atoms with Gasteiger partial charge in [-0.05, 0) is 0 Å². The molecule has 62 valence electrons. The van der Waals surface area contributed by atoms with Gasteiger partial charge < -0.3 is 0 Å². The minimum atomic E-state index is 0.789. The van der Waals surface area contributed by atoms with E-state index in [1.807, 2.05) is 0 Å². The molecule has 0 heterocycles. The SMILES string of the molecule is CCC(C)[N]([SbH2])C(C)CC. The third-order valence-corrected chi connectivity index (χ3v) is 5.10. The van der Waals surface area contributed by atoms with Gasteiger partial charge in [-0.2, -0.15) is 0 Å². The first-order valence-corrected chi connectivity index (χ1v) is 5.63. The number of rotatable bonds is 4. The average molecular weight is 252 g/mol. The zero-order valence-electron chi connectivity index (χ0n) is 7.59. The van der Waals surface area contributed by atoms with Crippen molar-refractivity contribution < 1.29 is 0 Å². The fourth-order valence-electron chi connectivity index (χ4n) is 0.856. The predicted octanol–water partition coefficient (Wildman–Crippen LogP) is 1.43. The van der Waals surface area contributed by atoms with E-state index in [4.69, 9.17) is 0 Å². The molecule has 2 heteroatoms. The molecule has 0 N–H and O–H groups in total. The molecule has 0 fully saturated rings. The summed E-state index contributed by atoms with van der Waals surface area (Å²) in [6.45, 7) is 9.15. The summed E-state index contributed by atoms with van der Waals surface area (Å²) in [5.74, 6) is 0. The van der Waals surface area contributed by atoms with Crippen molar-refractivity contribution in [2.24, 2.45) is 0 Å². The van der Waals surface area contributed by atoms with Crippen molar-refractivity contribution in [2.45, 2.75) is 52.6 Å². The quantitative estimate of drug-likeness (QED) is 0.684. The Kier molecular flexibility index (Phi) is 5.85. The van der Waals surface area contributed by atoms with Crippen molar-refractivity contribution in [3.05, 3.63) is 0 Å². The van der Waals surface area contributed by atoms with Crippen molar-refractivity contribution in [3.63, 3.8) is 0 Å². The molecule has 0 aromatic carbocycles. The molecule has 0 spiro atoms. The number of hydrogen-bond acceptors (Lipinski definition) is 1. The maximum atomic E-state index is 2.57. The fourth-order valence-corrected chi connectivity index (χ4v) is 2.06. The Labute approximate surface area is 79.0 Å². The van der Waals surface area contributed by atoms with Crippen LogP contribution in [0.1, 0.15) is 40.5 Å². The van der Waals surface area contributed by atoms with Crippen LogP contribution in [0, 0.1) is 0 Å². The van der Waals surface area contributed by atoms with Crippen molar-refractivity contribution >= 4 is 23.3 Å². The van der Waals surface area contributed by atoms with Crippen LogP contribution >= 0.6 is 0 Å². The van der Waals surface area contributed by atoms with Crippen molar-refractivity contribution in [1.29, 1.82) is 0 Å². The van der Waals surface area contributed by atoms with Crippen LogP contribution in [-0.2, 0) is 0 Å². The Morgan fingerprint density at radius 1 is 1.10 bits per heavy atom. The average Bonchev–Trinajstić information content (AvgIpc) is 2.00. The molecule has 0 rings (SSSR count). The van der Waals surface area contributed by atoms with Gasteiger partial charge in [0.15, 0.2) is 0 Å². The number of hydrogen-bond donors (Lipinski definition) is 0. The first kappa shape index (κ1) is 10.8. The molecular formula is C8H20NSb. The zero-order valence-corrected chi connectivity index (χ0v) is 10.9. The van der Waals surface area contributed by atoms with Crippen molar-refractivity contribution in [3.8, 4) is 0 Å². The summed E-state index contributed by atoms with van der Waals surface area (Å²) in [5.41, 5.74) is 0. The predicted molar refractivity (Wildman–Crippen MR) is 49.9 cm³/mol. The maximum absolute atomic E-state index is 2.57. The second-order valence-corrected chi connectivity index (χ2v) is 4.66. The molecule has 0 aliphatic rings. The molecule has 0 aliphatic carbocycles. The Bertz CT molecular complexity index is 75.3. The Balaban J connectivity index is 3.69. The monoisotopic (exact) mass is 251 g/mol. The van der Waals surface area contributed by atoms with E-state index >= 15 is 0 Å². The Hall–Kier alpha value is 0.778. The van der Waals surface area contributed by atoms with E-state index in [2.05, 4.69) is 30.8 Å². The second kappa shape index (κ2) is 5.43. The van der Waals surface area contributed by atoms with Crippen molar-refractivity contribution in [2.75, 3.05) is 0 Å². The molecule has 1 nitrogen and oxygen atoms in total. The normalized spacial score (nSPS) is 17.4. The standard InChI is InChI=1S/C8H18N.Sb.2H/c1-5-7(3)9-8(4)6-2;;;/h7-8H,5-6H2,1-4H3;;;/q-1;+1;;. The first-order valence-electron chi connectivity index (χ1n) is 4.16. The molecule has 0 radical (unpaired) electrons. The van der Waals surface area contributed by atoms with Crippen LogP contribution in [0.3, 0.4) is 0 Å². The number of nitrogens with zero attached hydrogens (tertiary/aromatic N) is 1. The van der Waals surface area contributed by atoms with Gasteiger partial charge in [0, 0.05) is 0 Å². The van der Waals surface area contributed by atoms with Gasteiger partial charge in [-0.3, -0.25) is 0 Å². The van der Waals surface area contributed by atoms with Gasteiger partial charge in [0.25, 0.3) is 0 Å². The van der Waals surface area contributed by atoms with Crippen LogP contribution in [-0.4, -0.2) is 38.4 Å². The molecular weight excluding hydrogens is 232 g/mol. The van der Waals surface area contributed by atoms with Gasteiger partial charge in [-0.25, -0.2) is 0 Å². The summed E-state index contributed by atoms with van der Waals surface area (Å²) >= 11 is 1.27. The Morgan fingerprint density at radius 3 is 1.60 bits per heavy atom. The minimum absolute atomic E-state index is 0.789. The second-order valence-electron chi connectivity index (χ2n) is 2.96. The van der Waals surface area contributed by atoms with Crippen molar-refractivity contribution in [1.82, 2.24) is 3.06 Å². The topological polar surface area (TPSA) is 3.24 Å². The van der Waals surface area contributed by atoms with E-state index in [9.17, 15) is 0 Å². The molecule has 0 bridgehead atoms. The van der Waals surface area contributed by atoms with Gasteiger partial charge in [0.1, 0.15) is 0 Å². The van der Waals surface area contributed by atoms with Gasteiger partial charge >= 0.3 is 79.0 Å². The molecule has 0 aliphatic heterocycles. The molecule has 2 atom stereocenters. The van der Waals surface area contributed by atoms with Crippen LogP contribution in [0.4, 0.5) is 0 Å². The summed E-state index contributed by atoms with van der Waals surface area (Å²) in [4.78, 5) is 0. The molecule has 2 unspecified atom stereocenters. The van der Waals surface area contributed by atoms with Crippen LogP contribution in [0.15, 0.2) is 0 Å². The molecule has 0 aromatic rings. The van der Waals surface area contributed by atoms with Crippen LogP contribution in [0.5, 0.6) is 0 Å². The van der Waals surface area contributed by atoms with E-state index < -0.39 is 0 Å². The molecule has 0 saturated heterocycles. The van der Waals surface area contributed by atoms with Gasteiger partial charge in [0.2, 0.25) is 0 Å². The van der Waals surface area contributed by atoms with Gasteiger partial charge in [-0.1, -0.05) is 0 Å². The third kappa shape index (κ3) is 3.25. The van der Waals surface area contributed by atoms with E-state index in [1.54, 1.807) is 0 Å². The van der Waals surface area contributed by atoms with E-state index in [0.29, 0.717) is 0 Å². The summed E-state index contributed by atoms with van der Waals surface area (Å²) in [7, 11) is 0. The molecule has 0 saturated carbocycles. The molecule has 0 amide bonds. The zero-order chi connectivity index (χ0) is 8.15. The van der Waals surface area contributed by atoms with E-state index in [1.165, 1.54) is 36.1 Å². The van der Waals surface area contributed by atoms with E-state index in [0.717, 1.165) is 12.1 Å². The van der Waals surface area contributed by atoms with Gasteiger partial charge in [-0.15, -0.1) is 0 Å². The molecule has 10 heavy (non-hydrogen) atoms. The van der Waals surface area contributed by atoms with E-state index in [-0.39, 0.29) is 0 Å². The van der Waals surface area contributed by atoms with Crippen LogP contribution in [0.25, 0.3) is 0 Å². The first-order chi connectivity index (χ1) is 4.63.